The monoisotopic (exact) mass is 614 g/mol. The van der Waals surface area contributed by atoms with Crippen molar-refractivity contribution in [1.82, 2.24) is 16.0 Å². The molecule has 0 fully saturated rings. The number of carboxylic acids is 1. The van der Waals surface area contributed by atoms with Crippen LogP contribution in [0.15, 0.2) is 53.5 Å². The van der Waals surface area contributed by atoms with Crippen molar-refractivity contribution in [1.29, 1.82) is 0 Å². The molecule has 16 nitrogen and oxygen atoms in total. The molecule has 14 N–H and O–H groups in total. The lowest BCUT2D eigenvalue weighted by atomic mass is 10.0. The number of hydrogen-bond donors (Lipinski definition) is 10. The van der Waals surface area contributed by atoms with Gasteiger partial charge in [-0.15, -0.1) is 0 Å². The molecule has 0 saturated heterocycles. The molecule has 0 aliphatic rings. The number of rotatable bonds is 17. The first-order valence-corrected chi connectivity index (χ1v) is 13.5. The van der Waals surface area contributed by atoms with Gasteiger partial charge in [-0.25, -0.2) is 4.79 Å². The minimum absolute atomic E-state index is 0.0174. The molecule has 0 heterocycles. The molecule has 0 aromatic heterocycles. The van der Waals surface area contributed by atoms with Gasteiger partial charge < -0.3 is 54.2 Å². The van der Waals surface area contributed by atoms with Crippen molar-refractivity contribution in [2.45, 2.75) is 56.3 Å². The smallest absolute Gasteiger partial charge is 0.326 e. The van der Waals surface area contributed by atoms with Crippen LogP contribution < -0.4 is 38.9 Å². The van der Waals surface area contributed by atoms with E-state index >= 15 is 0 Å². The predicted octanol–water partition coefficient (Wildman–Crippen LogP) is -2.32. The highest BCUT2D eigenvalue weighted by atomic mass is 16.4. The van der Waals surface area contributed by atoms with Gasteiger partial charge in [-0.1, -0.05) is 24.3 Å². The summed E-state index contributed by atoms with van der Waals surface area (Å²) in [7, 11) is 0. The lowest BCUT2D eigenvalue weighted by Gasteiger charge is -2.25. The number of primary amides is 1. The molecule has 4 atom stereocenters. The van der Waals surface area contributed by atoms with E-state index < -0.39 is 60.2 Å². The van der Waals surface area contributed by atoms with Gasteiger partial charge in [-0.3, -0.25) is 24.2 Å². The third-order valence-corrected chi connectivity index (χ3v) is 6.34. The SMILES string of the molecule is NC(=O)CC(NC(=O)C(CCCN=C(N)N)NC(=O)C(Cc1ccc(O)cc1)NC(=O)C(N)Cc1ccc(O)cc1)C(=O)O. The predicted molar refractivity (Wildman–Crippen MR) is 159 cm³/mol. The van der Waals surface area contributed by atoms with Crippen molar-refractivity contribution < 1.29 is 39.3 Å². The molecule has 0 radical (unpaired) electrons. The zero-order valence-electron chi connectivity index (χ0n) is 23.8. The number of benzene rings is 2. The molecule has 4 amide bonds. The summed E-state index contributed by atoms with van der Waals surface area (Å²) >= 11 is 0. The Balaban J connectivity index is 2.27. The Morgan fingerprint density at radius 1 is 0.705 bits per heavy atom. The van der Waals surface area contributed by atoms with Gasteiger partial charge in [-0.05, 0) is 54.7 Å². The quantitative estimate of drug-likeness (QED) is 0.0512. The number of carbonyl (C=O) groups is 5. The maximum absolute atomic E-state index is 13.5. The lowest BCUT2D eigenvalue weighted by Crippen LogP contribution is -2.58. The van der Waals surface area contributed by atoms with Crippen molar-refractivity contribution in [3.8, 4) is 11.5 Å². The minimum Gasteiger partial charge on any atom is -0.508 e. The van der Waals surface area contributed by atoms with E-state index in [1.165, 1.54) is 24.3 Å². The van der Waals surface area contributed by atoms with Crippen LogP contribution in [0.2, 0.25) is 0 Å². The second kappa shape index (κ2) is 16.9. The first-order valence-electron chi connectivity index (χ1n) is 13.5. The molecule has 2 aromatic rings. The van der Waals surface area contributed by atoms with Crippen molar-refractivity contribution in [3.63, 3.8) is 0 Å². The maximum Gasteiger partial charge on any atom is 0.326 e. The number of carboxylic acid groups (broad SMARTS) is 1. The molecule has 0 aliphatic carbocycles. The average molecular weight is 615 g/mol. The fourth-order valence-electron chi connectivity index (χ4n) is 4.05. The summed E-state index contributed by atoms with van der Waals surface area (Å²) in [5.41, 5.74) is 23.1. The Kier molecular flexibility index (Phi) is 13.4. The first kappa shape index (κ1) is 34.8. The number of guanidine groups is 1. The average Bonchev–Trinajstić information content (AvgIpc) is 2.95. The van der Waals surface area contributed by atoms with Crippen LogP contribution >= 0.6 is 0 Å². The topological polar surface area (TPSA) is 299 Å². The molecule has 0 aliphatic heterocycles. The molecule has 0 spiro atoms. The van der Waals surface area contributed by atoms with Crippen LogP contribution in [0.3, 0.4) is 0 Å². The summed E-state index contributed by atoms with van der Waals surface area (Å²) in [5, 5.41) is 35.9. The van der Waals surface area contributed by atoms with Crippen LogP contribution in [0.1, 0.15) is 30.4 Å². The zero-order chi connectivity index (χ0) is 32.8. The van der Waals surface area contributed by atoms with E-state index in [2.05, 4.69) is 20.9 Å². The number of carbonyl (C=O) groups excluding carboxylic acids is 4. The van der Waals surface area contributed by atoms with E-state index in [9.17, 15) is 39.3 Å². The van der Waals surface area contributed by atoms with Crippen LogP contribution in [-0.4, -0.2) is 81.6 Å². The molecule has 4 unspecified atom stereocenters. The van der Waals surface area contributed by atoms with Crippen molar-refractivity contribution in [2.75, 3.05) is 6.54 Å². The van der Waals surface area contributed by atoms with E-state index in [4.69, 9.17) is 22.9 Å². The molecule has 44 heavy (non-hydrogen) atoms. The second-order valence-electron chi connectivity index (χ2n) is 9.99. The fourth-order valence-corrected chi connectivity index (χ4v) is 4.05. The fraction of sp³-hybridized carbons (Fsp3) is 0.357. The third kappa shape index (κ3) is 12.2. The number of nitrogens with one attached hydrogen (secondary N) is 3. The standard InChI is InChI=1S/C28H38N8O8/c29-19(12-15-3-7-17(37)8-4-15)24(40)35-21(13-16-5-9-18(38)10-6-16)26(42)34-20(2-1-11-33-28(31)32)25(41)36-22(27(43)44)14-23(30)39/h3-10,19-22,37-38H,1-2,11-14,29H2,(H2,30,39)(H,34,42)(H,35,40)(H,36,41)(H,43,44)(H4,31,32,33). The van der Waals surface area contributed by atoms with Crippen molar-refractivity contribution in [3.05, 3.63) is 59.7 Å². The molecule has 0 bridgehead atoms. The molecule has 2 rings (SSSR count). The number of aromatic hydroxyl groups is 2. The normalized spacial score (nSPS) is 13.4. The zero-order valence-corrected chi connectivity index (χ0v) is 23.8. The third-order valence-electron chi connectivity index (χ3n) is 6.34. The number of phenols is 2. The van der Waals surface area contributed by atoms with Gasteiger partial charge in [0.05, 0.1) is 12.5 Å². The lowest BCUT2D eigenvalue weighted by molar-refractivity contribution is -0.143. The number of amides is 4. The molecule has 238 valence electrons. The van der Waals surface area contributed by atoms with E-state index in [-0.39, 0.29) is 49.7 Å². The molecular formula is C28H38N8O8. The van der Waals surface area contributed by atoms with E-state index in [0.29, 0.717) is 11.1 Å². The minimum atomic E-state index is -1.65. The number of aliphatic carboxylic acids is 1. The summed E-state index contributed by atoms with van der Waals surface area (Å²) in [6.07, 6.45) is -0.514. The van der Waals surface area contributed by atoms with Crippen LogP contribution in [-0.2, 0) is 36.8 Å². The highest BCUT2D eigenvalue weighted by molar-refractivity contribution is 5.95. The largest absolute Gasteiger partial charge is 0.508 e. The van der Waals surface area contributed by atoms with Crippen molar-refractivity contribution in [2.24, 2.45) is 27.9 Å². The maximum atomic E-state index is 13.5. The summed E-state index contributed by atoms with van der Waals surface area (Å²) in [4.78, 5) is 66.4. The summed E-state index contributed by atoms with van der Waals surface area (Å²) in [6.45, 7) is 0.0887. The van der Waals surface area contributed by atoms with Gasteiger partial charge in [0.25, 0.3) is 0 Å². The second-order valence-corrected chi connectivity index (χ2v) is 9.99. The number of aliphatic imine (C=N–C) groups is 1. The molecule has 2 aromatic carbocycles. The highest BCUT2D eigenvalue weighted by Gasteiger charge is 2.31. The highest BCUT2D eigenvalue weighted by Crippen LogP contribution is 2.14. The number of phenolic OH excluding ortho intramolecular Hbond substituents is 2. The Bertz CT molecular complexity index is 1330. The Morgan fingerprint density at radius 3 is 1.68 bits per heavy atom. The van der Waals surface area contributed by atoms with Gasteiger partial charge in [0.2, 0.25) is 23.6 Å². The van der Waals surface area contributed by atoms with Crippen LogP contribution in [0.5, 0.6) is 11.5 Å². The van der Waals surface area contributed by atoms with Crippen molar-refractivity contribution >= 4 is 35.6 Å². The van der Waals surface area contributed by atoms with Gasteiger partial charge >= 0.3 is 5.97 Å². The Hall–Kier alpha value is -5.38. The number of hydrogen-bond acceptors (Lipinski definition) is 9. The summed E-state index contributed by atoms with van der Waals surface area (Å²) < 4.78 is 0. The first-order chi connectivity index (χ1) is 20.7. The summed E-state index contributed by atoms with van der Waals surface area (Å²) in [6, 6.07) is 6.63. The Labute approximate surface area is 252 Å². The van der Waals surface area contributed by atoms with E-state index in [1.54, 1.807) is 24.3 Å². The molecule has 16 heteroatoms. The van der Waals surface area contributed by atoms with Crippen LogP contribution in [0, 0.1) is 0 Å². The van der Waals surface area contributed by atoms with E-state index in [1.807, 2.05) is 0 Å². The van der Waals surface area contributed by atoms with Crippen LogP contribution in [0.4, 0.5) is 0 Å². The van der Waals surface area contributed by atoms with Gasteiger partial charge in [0.15, 0.2) is 5.96 Å². The van der Waals surface area contributed by atoms with Crippen LogP contribution in [0.25, 0.3) is 0 Å². The number of nitrogens with two attached hydrogens (primary N) is 4. The molecular weight excluding hydrogens is 576 g/mol. The van der Waals surface area contributed by atoms with Gasteiger partial charge in [0.1, 0.15) is 29.6 Å². The molecule has 0 saturated carbocycles. The van der Waals surface area contributed by atoms with Gasteiger partial charge in [-0.2, -0.15) is 0 Å². The van der Waals surface area contributed by atoms with E-state index in [0.717, 1.165) is 0 Å². The Morgan fingerprint density at radius 2 is 1.18 bits per heavy atom. The number of nitrogens with zero attached hydrogens (tertiary/aromatic N) is 1. The van der Waals surface area contributed by atoms with Gasteiger partial charge in [0, 0.05) is 13.0 Å². The summed E-state index contributed by atoms with van der Waals surface area (Å²) in [5.74, 6) is -5.05.